The summed E-state index contributed by atoms with van der Waals surface area (Å²) in [6, 6.07) is 5.27. The van der Waals surface area contributed by atoms with Crippen LogP contribution in [0.1, 0.15) is 5.69 Å². The molecule has 19 heavy (non-hydrogen) atoms. The molecule has 100 valence electrons. The number of nitrogens with zero attached hydrogens (tertiary/aromatic N) is 3. The van der Waals surface area contributed by atoms with Crippen molar-refractivity contribution in [1.29, 1.82) is 0 Å². The summed E-state index contributed by atoms with van der Waals surface area (Å²) in [5, 5.41) is 7.81. The van der Waals surface area contributed by atoms with Crippen LogP contribution in [0.4, 0.5) is 0 Å². The summed E-state index contributed by atoms with van der Waals surface area (Å²) in [6.45, 7) is 0.252. The SMILES string of the molecule is COc1ccc(COc2ncc(Br)cc2OC)nn1. The van der Waals surface area contributed by atoms with Crippen LogP contribution >= 0.6 is 15.9 Å². The van der Waals surface area contributed by atoms with Crippen LogP contribution in [-0.2, 0) is 6.61 Å². The average molecular weight is 326 g/mol. The Morgan fingerprint density at radius 3 is 2.63 bits per heavy atom. The van der Waals surface area contributed by atoms with Gasteiger partial charge in [0, 0.05) is 22.8 Å². The maximum Gasteiger partial charge on any atom is 0.257 e. The number of pyridine rings is 1. The van der Waals surface area contributed by atoms with Gasteiger partial charge in [-0.1, -0.05) is 0 Å². The predicted molar refractivity (Wildman–Crippen MR) is 71.4 cm³/mol. The third-order valence-electron chi connectivity index (χ3n) is 2.27. The first-order valence-electron chi connectivity index (χ1n) is 5.42. The standard InChI is InChI=1S/C12H12BrN3O3/c1-17-10-5-8(13)6-14-12(10)19-7-9-3-4-11(18-2)16-15-9/h3-6H,7H2,1-2H3. The normalized spacial score (nSPS) is 10.1. The summed E-state index contributed by atoms with van der Waals surface area (Å²) in [5.41, 5.74) is 0.674. The highest BCUT2D eigenvalue weighted by molar-refractivity contribution is 9.10. The number of halogens is 1. The van der Waals surface area contributed by atoms with Gasteiger partial charge in [-0.05, 0) is 22.0 Å². The van der Waals surface area contributed by atoms with Gasteiger partial charge in [0.15, 0.2) is 5.75 Å². The highest BCUT2D eigenvalue weighted by atomic mass is 79.9. The molecule has 0 unspecified atom stereocenters. The van der Waals surface area contributed by atoms with E-state index in [1.165, 1.54) is 7.11 Å². The van der Waals surface area contributed by atoms with Crippen molar-refractivity contribution < 1.29 is 14.2 Å². The lowest BCUT2D eigenvalue weighted by molar-refractivity contribution is 0.266. The summed E-state index contributed by atoms with van der Waals surface area (Å²) in [4.78, 5) is 4.13. The summed E-state index contributed by atoms with van der Waals surface area (Å²) in [7, 11) is 3.10. The van der Waals surface area contributed by atoms with Gasteiger partial charge >= 0.3 is 0 Å². The van der Waals surface area contributed by atoms with Gasteiger partial charge in [-0.3, -0.25) is 0 Å². The molecule has 0 saturated carbocycles. The average Bonchev–Trinajstić information content (AvgIpc) is 2.46. The summed E-state index contributed by atoms with van der Waals surface area (Å²) in [6.07, 6.45) is 1.64. The van der Waals surface area contributed by atoms with E-state index in [0.29, 0.717) is 23.2 Å². The summed E-state index contributed by atoms with van der Waals surface area (Å²) < 4.78 is 16.5. The third-order valence-corrected chi connectivity index (χ3v) is 2.70. The molecule has 0 aliphatic rings. The first-order chi connectivity index (χ1) is 9.22. The van der Waals surface area contributed by atoms with E-state index in [9.17, 15) is 0 Å². The minimum Gasteiger partial charge on any atom is -0.491 e. The Morgan fingerprint density at radius 1 is 1.16 bits per heavy atom. The zero-order valence-corrected chi connectivity index (χ0v) is 12.0. The number of hydrogen-bond acceptors (Lipinski definition) is 6. The maximum atomic E-state index is 5.54. The molecule has 2 aromatic heterocycles. The lowest BCUT2D eigenvalue weighted by atomic mass is 10.4. The van der Waals surface area contributed by atoms with Gasteiger partial charge in [0.25, 0.3) is 5.88 Å². The lowest BCUT2D eigenvalue weighted by Crippen LogP contribution is -2.03. The molecule has 2 heterocycles. The molecule has 0 amide bonds. The van der Waals surface area contributed by atoms with Crippen LogP contribution in [0.25, 0.3) is 0 Å². The minimum atomic E-state index is 0.252. The van der Waals surface area contributed by atoms with Gasteiger partial charge in [0.1, 0.15) is 12.3 Å². The van der Waals surface area contributed by atoms with Crippen molar-refractivity contribution in [2.75, 3.05) is 14.2 Å². The predicted octanol–water partition coefficient (Wildman–Crippen LogP) is 2.23. The van der Waals surface area contributed by atoms with Crippen molar-refractivity contribution in [3.8, 4) is 17.5 Å². The molecule has 2 rings (SSSR count). The minimum absolute atomic E-state index is 0.252. The fourth-order valence-electron chi connectivity index (χ4n) is 1.34. The van der Waals surface area contributed by atoms with Crippen LogP contribution in [0.5, 0.6) is 17.5 Å². The van der Waals surface area contributed by atoms with Crippen molar-refractivity contribution in [2.45, 2.75) is 6.61 Å². The van der Waals surface area contributed by atoms with E-state index in [1.54, 1.807) is 31.5 Å². The van der Waals surface area contributed by atoms with Crippen molar-refractivity contribution in [2.24, 2.45) is 0 Å². The Morgan fingerprint density at radius 2 is 2.00 bits per heavy atom. The third kappa shape index (κ3) is 3.54. The highest BCUT2D eigenvalue weighted by Crippen LogP contribution is 2.27. The van der Waals surface area contributed by atoms with Gasteiger partial charge in [-0.15, -0.1) is 10.2 Å². The molecule has 7 heteroatoms. The lowest BCUT2D eigenvalue weighted by Gasteiger charge is -2.09. The molecule has 0 atom stereocenters. The summed E-state index contributed by atoms with van der Waals surface area (Å²) >= 11 is 3.31. The number of hydrogen-bond donors (Lipinski definition) is 0. The van der Waals surface area contributed by atoms with Gasteiger partial charge in [0.2, 0.25) is 5.88 Å². The van der Waals surface area contributed by atoms with Gasteiger partial charge in [0.05, 0.1) is 14.2 Å². The topological polar surface area (TPSA) is 66.4 Å². The molecule has 0 spiro atoms. The molecule has 0 N–H and O–H groups in total. The Labute approximate surface area is 118 Å². The van der Waals surface area contributed by atoms with E-state index in [0.717, 1.165) is 4.47 Å². The van der Waals surface area contributed by atoms with Crippen LogP contribution in [0.3, 0.4) is 0 Å². The first kappa shape index (κ1) is 13.5. The highest BCUT2D eigenvalue weighted by Gasteiger charge is 2.07. The van der Waals surface area contributed by atoms with E-state index >= 15 is 0 Å². The van der Waals surface area contributed by atoms with Crippen molar-refractivity contribution in [1.82, 2.24) is 15.2 Å². The van der Waals surface area contributed by atoms with E-state index in [4.69, 9.17) is 14.2 Å². The maximum absolute atomic E-state index is 5.54. The molecule has 0 fully saturated rings. The van der Waals surface area contributed by atoms with Crippen LogP contribution in [-0.4, -0.2) is 29.4 Å². The second-order valence-corrected chi connectivity index (χ2v) is 4.43. The van der Waals surface area contributed by atoms with E-state index in [1.807, 2.05) is 0 Å². The Bertz CT molecular complexity index is 548. The van der Waals surface area contributed by atoms with Crippen molar-refractivity contribution >= 4 is 15.9 Å². The molecule has 6 nitrogen and oxygen atoms in total. The Balaban J connectivity index is 2.05. The molecule has 0 aliphatic heterocycles. The molecule has 0 bridgehead atoms. The van der Waals surface area contributed by atoms with Crippen LogP contribution in [0.15, 0.2) is 28.9 Å². The van der Waals surface area contributed by atoms with Crippen LogP contribution < -0.4 is 14.2 Å². The molecule has 0 aliphatic carbocycles. The van der Waals surface area contributed by atoms with E-state index in [-0.39, 0.29) is 6.61 Å². The molecule has 0 radical (unpaired) electrons. The smallest absolute Gasteiger partial charge is 0.257 e. The molecular formula is C12H12BrN3O3. The zero-order valence-electron chi connectivity index (χ0n) is 10.5. The van der Waals surface area contributed by atoms with E-state index < -0.39 is 0 Å². The quantitative estimate of drug-likeness (QED) is 0.839. The molecule has 2 aromatic rings. The van der Waals surface area contributed by atoms with Crippen LogP contribution in [0.2, 0.25) is 0 Å². The molecular weight excluding hydrogens is 314 g/mol. The number of methoxy groups -OCH3 is 2. The second kappa shape index (κ2) is 6.33. The van der Waals surface area contributed by atoms with Crippen molar-refractivity contribution in [3.05, 3.63) is 34.6 Å². The monoisotopic (exact) mass is 325 g/mol. The van der Waals surface area contributed by atoms with Crippen LogP contribution in [0, 0.1) is 0 Å². The molecule has 0 aromatic carbocycles. The number of ether oxygens (including phenoxy) is 3. The molecule has 0 saturated heterocycles. The van der Waals surface area contributed by atoms with Gasteiger partial charge < -0.3 is 14.2 Å². The van der Waals surface area contributed by atoms with Gasteiger partial charge in [-0.2, -0.15) is 0 Å². The second-order valence-electron chi connectivity index (χ2n) is 3.52. The van der Waals surface area contributed by atoms with E-state index in [2.05, 4.69) is 31.1 Å². The van der Waals surface area contributed by atoms with Crippen molar-refractivity contribution in [3.63, 3.8) is 0 Å². The Kier molecular flexibility index (Phi) is 4.51. The number of aromatic nitrogens is 3. The zero-order chi connectivity index (χ0) is 13.7. The Hall–Kier alpha value is -1.89. The largest absolute Gasteiger partial charge is 0.491 e. The van der Waals surface area contributed by atoms with Gasteiger partial charge in [-0.25, -0.2) is 4.98 Å². The summed E-state index contributed by atoms with van der Waals surface area (Å²) in [5.74, 6) is 1.42. The first-order valence-corrected chi connectivity index (χ1v) is 6.21. The number of rotatable bonds is 5. The fourth-order valence-corrected chi connectivity index (χ4v) is 1.65. The fraction of sp³-hybridized carbons (Fsp3) is 0.250.